The summed E-state index contributed by atoms with van der Waals surface area (Å²) < 4.78 is 37.8. The highest BCUT2D eigenvalue weighted by Crippen LogP contribution is 2.11. The van der Waals surface area contributed by atoms with Crippen LogP contribution in [0, 0.1) is 5.82 Å². The molecule has 0 aliphatic carbocycles. The molecule has 2 rings (SSSR count). The van der Waals surface area contributed by atoms with E-state index in [1.807, 2.05) is 0 Å². The van der Waals surface area contributed by atoms with E-state index in [9.17, 15) is 12.8 Å². The Morgan fingerprint density at radius 3 is 2.72 bits per heavy atom. The second-order valence-corrected chi connectivity index (χ2v) is 5.93. The smallest absolute Gasteiger partial charge is 0.227 e. The zero-order valence-electron chi connectivity index (χ0n) is 9.88. The van der Waals surface area contributed by atoms with Gasteiger partial charge in [0.1, 0.15) is 5.82 Å². The number of imidazole rings is 1. The van der Waals surface area contributed by atoms with Gasteiger partial charge < -0.3 is 4.57 Å². The number of aryl methyl sites for hydroxylation is 2. The summed E-state index contributed by atoms with van der Waals surface area (Å²) in [6.45, 7) is 0.378. The molecule has 0 fully saturated rings. The van der Waals surface area contributed by atoms with Crippen molar-refractivity contribution in [2.75, 3.05) is 6.26 Å². The maximum absolute atomic E-state index is 13.4. The number of nitrogens with zero attached hydrogens (tertiary/aromatic N) is 2. The lowest BCUT2D eigenvalue weighted by Gasteiger charge is -2.07. The lowest BCUT2D eigenvalue weighted by atomic mass is 10.1. The third-order valence-electron chi connectivity index (χ3n) is 2.59. The molecule has 4 nitrogen and oxygen atoms in total. The molecule has 2 aromatic rings. The Balaban J connectivity index is 2.17. The zero-order valence-corrected chi connectivity index (χ0v) is 10.7. The Labute approximate surface area is 105 Å². The average molecular weight is 268 g/mol. The van der Waals surface area contributed by atoms with Gasteiger partial charge in [0.25, 0.3) is 0 Å². The lowest BCUT2D eigenvalue weighted by Crippen LogP contribution is -2.10. The molecular formula is C12H13FN2O2S. The van der Waals surface area contributed by atoms with E-state index in [2.05, 4.69) is 4.98 Å². The van der Waals surface area contributed by atoms with E-state index in [0.29, 0.717) is 18.5 Å². The van der Waals surface area contributed by atoms with Crippen molar-refractivity contribution in [2.24, 2.45) is 0 Å². The van der Waals surface area contributed by atoms with Gasteiger partial charge in [-0.1, -0.05) is 18.2 Å². The molecule has 0 aliphatic heterocycles. The van der Waals surface area contributed by atoms with Crippen LogP contribution in [-0.2, 0) is 22.8 Å². The Morgan fingerprint density at radius 1 is 1.33 bits per heavy atom. The molecule has 0 saturated carbocycles. The van der Waals surface area contributed by atoms with E-state index in [4.69, 9.17) is 0 Å². The molecule has 6 heteroatoms. The molecule has 0 radical (unpaired) electrons. The first kappa shape index (κ1) is 12.8. The Hall–Kier alpha value is -1.69. The third kappa shape index (κ3) is 2.76. The normalized spacial score (nSPS) is 11.7. The quantitative estimate of drug-likeness (QED) is 0.847. The van der Waals surface area contributed by atoms with E-state index in [1.165, 1.54) is 16.8 Å². The van der Waals surface area contributed by atoms with Crippen LogP contribution in [0.5, 0.6) is 0 Å². The maximum atomic E-state index is 13.4. The maximum Gasteiger partial charge on any atom is 0.227 e. The van der Waals surface area contributed by atoms with Gasteiger partial charge in [-0.2, -0.15) is 0 Å². The fourth-order valence-corrected chi connectivity index (χ4v) is 2.57. The number of rotatable bonds is 4. The van der Waals surface area contributed by atoms with Gasteiger partial charge in [0.15, 0.2) is 0 Å². The van der Waals surface area contributed by atoms with Crippen LogP contribution < -0.4 is 0 Å². The van der Waals surface area contributed by atoms with Crippen LogP contribution in [0.15, 0.2) is 41.8 Å². The van der Waals surface area contributed by atoms with Gasteiger partial charge in [0.05, 0.1) is 0 Å². The SMILES string of the molecule is CS(=O)(=O)c1nccn1CCc1ccccc1F. The van der Waals surface area contributed by atoms with Crippen molar-refractivity contribution < 1.29 is 12.8 Å². The standard InChI is InChI=1S/C12H13FN2O2S/c1-18(16,17)12-14-7-9-15(12)8-6-10-4-2-3-5-11(10)13/h2-5,7,9H,6,8H2,1H3. The van der Waals surface area contributed by atoms with Crippen LogP contribution in [0.25, 0.3) is 0 Å². The number of sulfone groups is 1. The summed E-state index contributed by atoms with van der Waals surface area (Å²) in [6.07, 6.45) is 4.54. The molecule has 0 saturated heterocycles. The van der Waals surface area contributed by atoms with E-state index >= 15 is 0 Å². The highest BCUT2D eigenvalue weighted by atomic mass is 32.2. The number of aromatic nitrogens is 2. The lowest BCUT2D eigenvalue weighted by molar-refractivity contribution is 0.555. The summed E-state index contributed by atoms with van der Waals surface area (Å²) in [5.41, 5.74) is 0.561. The predicted molar refractivity (Wildman–Crippen MR) is 65.4 cm³/mol. The number of hydrogen-bond donors (Lipinski definition) is 0. The molecule has 0 spiro atoms. The molecule has 0 N–H and O–H groups in total. The van der Waals surface area contributed by atoms with Crippen LogP contribution in [0.4, 0.5) is 4.39 Å². The minimum Gasteiger partial charge on any atom is -0.322 e. The van der Waals surface area contributed by atoms with Crippen LogP contribution in [0.2, 0.25) is 0 Å². The van der Waals surface area contributed by atoms with Crippen molar-refractivity contribution in [3.05, 3.63) is 48.0 Å². The fraction of sp³-hybridized carbons (Fsp3) is 0.250. The third-order valence-corrected chi connectivity index (χ3v) is 3.59. The molecule has 0 amide bonds. The van der Waals surface area contributed by atoms with Crippen molar-refractivity contribution in [1.29, 1.82) is 0 Å². The number of halogens is 1. The van der Waals surface area contributed by atoms with Crippen LogP contribution >= 0.6 is 0 Å². The molecule has 0 unspecified atom stereocenters. The van der Waals surface area contributed by atoms with Crippen molar-refractivity contribution in [2.45, 2.75) is 18.1 Å². The highest BCUT2D eigenvalue weighted by molar-refractivity contribution is 7.90. The average Bonchev–Trinajstić information content (AvgIpc) is 2.76. The van der Waals surface area contributed by atoms with Crippen LogP contribution in [0.3, 0.4) is 0 Å². The summed E-state index contributed by atoms with van der Waals surface area (Å²) in [4.78, 5) is 3.80. The van der Waals surface area contributed by atoms with Crippen molar-refractivity contribution in [1.82, 2.24) is 9.55 Å². The molecule has 1 heterocycles. The Bertz CT molecular complexity index is 650. The summed E-state index contributed by atoms with van der Waals surface area (Å²) in [6, 6.07) is 6.45. The van der Waals surface area contributed by atoms with Crippen LogP contribution in [0.1, 0.15) is 5.56 Å². The first-order valence-corrected chi connectivity index (χ1v) is 7.32. The van der Waals surface area contributed by atoms with Crippen LogP contribution in [-0.4, -0.2) is 24.2 Å². The summed E-state index contributed by atoms with van der Waals surface area (Å²) in [5.74, 6) is -0.279. The largest absolute Gasteiger partial charge is 0.322 e. The molecule has 0 aliphatic rings. The second-order valence-electron chi connectivity index (χ2n) is 4.02. The fourth-order valence-electron chi connectivity index (χ4n) is 1.74. The monoisotopic (exact) mass is 268 g/mol. The summed E-state index contributed by atoms with van der Waals surface area (Å²) in [5, 5.41) is 0.0128. The molecule has 1 aromatic heterocycles. The minimum absolute atomic E-state index is 0.0128. The van der Waals surface area contributed by atoms with Gasteiger partial charge in [0.2, 0.25) is 15.0 Å². The Morgan fingerprint density at radius 2 is 2.06 bits per heavy atom. The van der Waals surface area contributed by atoms with Gasteiger partial charge in [-0.15, -0.1) is 0 Å². The molecule has 0 bridgehead atoms. The van der Waals surface area contributed by atoms with Crippen molar-refractivity contribution >= 4 is 9.84 Å². The molecule has 96 valence electrons. The second kappa shape index (κ2) is 4.89. The topological polar surface area (TPSA) is 52.0 Å². The van der Waals surface area contributed by atoms with Gasteiger partial charge in [-0.25, -0.2) is 17.8 Å². The molecule has 18 heavy (non-hydrogen) atoms. The number of benzene rings is 1. The number of hydrogen-bond acceptors (Lipinski definition) is 3. The zero-order chi connectivity index (χ0) is 13.2. The van der Waals surface area contributed by atoms with Gasteiger partial charge in [0, 0.05) is 25.2 Å². The van der Waals surface area contributed by atoms with E-state index in [0.717, 1.165) is 6.26 Å². The van der Waals surface area contributed by atoms with Gasteiger partial charge in [-0.05, 0) is 18.1 Å². The van der Waals surface area contributed by atoms with Gasteiger partial charge in [-0.3, -0.25) is 0 Å². The van der Waals surface area contributed by atoms with E-state index in [1.54, 1.807) is 24.4 Å². The van der Waals surface area contributed by atoms with Crippen molar-refractivity contribution in [3.63, 3.8) is 0 Å². The van der Waals surface area contributed by atoms with E-state index in [-0.39, 0.29) is 11.0 Å². The van der Waals surface area contributed by atoms with Crippen molar-refractivity contribution in [3.8, 4) is 0 Å². The summed E-state index contributed by atoms with van der Waals surface area (Å²) in [7, 11) is -3.35. The first-order chi connectivity index (χ1) is 8.48. The molecule has 0 atom stereocenters. The summed E-state index contributed by atoms with van der Waals surface area (Å²) >= 11 is 0. The van der Waals surface area contributed by atoms with Gasteiger partial charge >= 0.3 is 0 Å². The Kier molecular flexibility index (Phi) is 3.47. The molecule has 1 aromatic carbocycles. The minimum atomic E-state index is -3.35. The van der Waals surface area contributed by atoms with E-state index < -0.39 is 9.84 Å². The first-order valence-electron chi connectivity index (χ1n) is 5.43. The predicted octanol–water partition coefficient (Wildman–Crippen LogP) is 1.67. The highest BCUT2D eigenvalue weighted by Gasteiger charge is 2.14. The molecular weight excluding hydrogens is 255 g/mol.